The number of halogens is 3. The second-order valence-corrected chi connectivity index (χ2v) is 6.45. The summed E-state index contributed by atoms with van der Waals surface area (Å²) in [5.41, 5.74) is 5.81. The van der Waals surface area contributed by atoms with Crippen LogP contribution in [0.2, 0.25) is 0 Å². The molecule has 0 radical (unpaired) electrons. The number of rotatable bonds is 2. The lowest BCUT2D eigenvalue weighted by molar-refractivity contribution is -0.613. The first-order valence-corrected chi connectivity index (χ1v) is 6.31. The highest BCUT2D eigenvalue weighted by atomic mass is 19.4. The lowest BCUT2D eigenvalue weighted by Crippen LogP contribution is -3.05. The first-order chi connectivity index (χ1) is 8.73. The molecule has 0 aromatic heterocycles. The zero-order chi connectivity index (χ0) is 13.9. The summed E-state index contributed by atoms with van der Waals surface area (Å²) in [4.78, 5) is 19.8. The van der Waals surface area contributed by atoms with Gasteiger partial charge in [0.1, 0.15) is 0 Å². The Morgan fingerprint density at radius 3 is 1.68 bits per heavy atom. The van der Waals surface area contributed by atoms with Crippen LogP contribution in [0.15, 0.2) is 0 Å². The number of carbonyl (C=O) groups is 2. The molecule has 19 heavy (non-hydrogen) atoms. The van der Waals surface area contributed by atoms with Gasteiger partial charge in [-0.3, -0.25) is 4.79 Å². The molecule has 0 bridgehead atoms. The Morgan fingerprint density at radius 1 is 1.05 bits per heavy atom. The summed E-state index contributed by atoms with van der Waals surface area (Å²) >= 11 is 0. The Balaban J connectivity index is 0.000000123. The minimum absolute atomic E-state index is 0.0503. The molecule has 0 aromatic rings. The zero-order valence-electron chi connectivity index (χ0n) is 9.72. The summed E-state index contributed by atoms with van der Waals surface area (Å²) in [5, 5.41) is 7.12. The molecule has 4 nitrogen and oxygen atoms in total. The largest absolute Gasteiger partial charge is 0.490 e. The highest BCUT2D eigenvalue weighted by molar-refractivity contribution is 5.77. The predicted octanol–water partition coefficient (Wildman–Crippen LogP) is 0.863. The Hall–Kier alpha value is -1.27. The summed E-state index contributed by atoms with van der Waals surface area (Å²) in [6.07, 6.45) is -4.36. The number of nitrogens with two attached hydrogens (primary N) is 1. The van der Waals surface area contributed by atoms with Gasteiger partial charge in [0.05, 0.1) is 0 Å². The molecule has 0 spiro atoms. The molecule has 6 fully saturated rings. The van der Waals surface area contributed by atoms with Gasteiger partial charge in [-0.2, -0.15) is 13.2 Å². The van der Waals surface area contributed by atoms with E-state index in [9.17, 15) is 18.0 Å². The van der Waals surface area contributed by atoms with Crippen molar-refractivity contribution in [2.75, 3.05) is 0 Å². The van der Waals surface area contributed by atoms with Crippen molar-refractivity contribution in [3.63, 3.8) is 0 Å². The summed E-state index contributed by atoms with van der Waals surface area (Å²) in [6.45, 7) is 0. The zero-order valence-corrected chi connectivity index (χ0v) is 9.72. The molecule has 104 valence electrons. The fourth-order valence-corrected chi connectivity index (χ4v) is 6.33. The van der Waals surface area contributed by atoms with Gasteiger partial charge in [0.25, 0.3) is 0 Å². The Bertz CT molecular complexity index is 464. The molecular weight excluding hydrogens is 263 g/mol. The van der Waals surface area contributed by atoms with E-state index in [1.54, 1.807) is 0 Å². The highest BCUT2D eigenvalue weighted by Gasteiger charge is 3.03. The van der Waals surface area contributed by atoms with Crippen LogP contribution in [-0.4, -0.2) is 23.2 Å². The Labute approximate surface area is 106 Å². The summed E-state index contributed by atoms with van der Waals surface area (Å²) in [5.74, 6) is 4.55. The lowest BCUT2D eigenvalue weighted by Gasteiger charge is -3.08. The quantitative estimate of drug-likeness (QED) is 0.784. The van der Waals surface area contributed by atoms with E-state index < -0.39 is 12.1 Å². The number of amides is 1. The number of carbonyl (C=O) groups excluding carboxylic acids is 1. The Kier molecular flexibility index (Phi) is 1.68. The molecule has 7 heteroatoms. The smallest absolute Gasteiger partial charge is 0.475 e. The molecule has 0 atom stereocenters. The normalized spacial score (nSPS) is 55.8. The molecule has 0 saturated heterocycles. The van der Waals surface area contributed by atoms with Crippen LogP contribution in [-0.2, 0) is 9.59 Å². The van der Waals surface area contributed by atoms with Gasteiger partial charge in [0.2, 0.25) is 5.91 Å². The number of carboxylic acid groups (broad SMARTS) is 1. The minimum Gasteiger partial charge on any atom is -0.475 e. The van der Waals surface area contributed by atoms with Crippen molar-refractivity contribution >= 4 is 11.9 Å². The van der Waals surface area contributed by atoms with E-state index in [0.29, 0.717) is 5.41 Å². The van der Waals surface area contributed by atoms with Crippen LogP contribution in [0, 0.1) is 46.8 Å². The van der Waals surface area contributed by atoms with Gasteiger partial charge in [-0.25, -0.2) is 4.79 Å². The van der Waals surface area contributed by atoms with Crippen molar-refractivity contribution < 1.29 is 27.9 Å². The summed E-state index contributed by atoms with van der Waals surface area (Å²) in [7, 11) is 0. The molecule has 6 rings (SSSR count). The number of alkyl halides is 3. The molecule has 6 aliphatic carbocycles. The summed E-state index contributed by atoms with van der Waals surface area (Å²) in [6, 6.07) is 0. The van der Waals surface area contributed by atoms with Crippen LogP contribution in [0.3, 0.4) is 0 Å². The van der Waals surface area contributed by atoms with Crippen molar-refractivity contribution in [3.05, 3.63) is 0 Å². The number of primary amides is 1. The van der Waals surface area contributed by atoms with Gasteiger partial charge < -0.3 is 10.8 Å². The van der Waals surface area contributed by atoms with Gasteiger partial charge in [0.15, 0.2) is 0 Å². The molecule has 6 saturated carbocycles. The summed E-state index contributed by atoms with van der Waals surface area (Å²) < 4.78 is 31.7. The van der Waals surface area contributed by atoms with Crippen LogP contribution < -0.4 is 5.73 Å². The molecular formula is C12H12F3NO3. The van der Waals surface area contributed by atoms with E-state index in [-0.39, 0.29) is 5.91 Å². The number of aliphatic carboxylic acids is 1. The van der Waals surface area contributed by atoms with E-state index in [1.165, 1.54) is 0 Å². The third-order valence-electron chi connectivity index (χ3n) is 6.41. The Morgan fingerprint density at radius 2 is 1.42 bits per heavy atom. The standard InChI is InChI=1S/C10H11NO.C2HF3O2/c11-2(12)1-10-7-4-3-5(7)9(10)6(3)8(4)10;3-2(4,5)1(6)7/h3-9H,1H2,(H2,11,12);(H,6,7). The fraction of sp³-hybridized carbons (Fsp3) is 0.833. The first-order valence-electron chi connectivity index (χ1n) is 6.31. The van der Waals surface area contributed by atoms with Gasteiger partial charge in [-0.05, 0) is 46.8 Å². The molecule has 0 unspecified atom stereocenters. The second-order valence-electron chi connectivity index (χ2n) is 6.45. The second kappa shape index (κ2) is 2.76. The number of hydrogen-bond acceptors (Lipinski definition) is 2. The third kappa shape index (κ3) is 0.894. The maximum atomic E-state index is 10.9. The van der Waals surface area contributed by atoms with Crippen LogP contribution in [0.25, 0.3) is 0 Å². The monoisotopic (exact) mass is 275 g/mol. The topological polar surface area (TPSA) is 80.4 Å². The highest BCUT2D eigenvalue weighted by Crippen LogP contribution is 3.06. The van der Waals surface area contributed by atoms with Crippen LogP contribution in [0.5, 0.6) is 0 Å². The van der Waals surface area contributed by atoms with Crippen molar-refractivity contribution in [3.8, 4) is 0 Å². The van der Waals surface area contributed by atoms with Gasteiger partial charge in [0, 0.05) is 6.42 Å². The van der Waals surface area contributed by atoms with E-state index in [1.807, 2.05) is 0 Å². The maximum absolute atomic E-state index is 10.9. The van der Waals surface area contributed by atoms with Crippen molar-refractivity contribution in [1.29, 1.82) is 0 Å². The SMILES string of the molecule is NC(=O)CC12C3C4C5C3C1C5C42.O=C(O)C(F)(F)F. The fourth-order valence-electron chi connectivity index (χ4n) is 6.33. The third-order valence-corrected chi connectivity index (χ3v) is 6.41. The van der Waals surface area contributed by atoms with E-state index in [4.69, 9.17) is 15.6 Å². The van der Waals surface area contributed by atoms with Gasteiger partial charge in [-0.15, -0.1) is 0 Å². The maximum Gasteiger partial charge on any atom is 0.490 e. The van der Waals surface area contributed by atoms with E-state index in [2.05, 4.69) is 0 Å². The van der Waals surface area contributed by atoms with Crippen LogP contribution in [0.4, 0.5) is 13.2 Å². The molecule has 0 aliphatic heterocycles. The molecule has 0 aromatic carbocycles. The van der Waals surface area contributed by atoms with E-state index >= 15 is 0 Å². The van der Waals surface area contributed by atoms with Gasteiger partial charge in [-0.1, -0.05) is 0 Å². The number of hydrogen-bond donors (Lipinski definition) is 2. The molecule has 1 amide bonds. The van der Waals surface area contributed by atoms with Crippen LogP contribution >= 0.6 is 0 Å². The number of carboxylic acids is 1. The minimum atomic E-state index is -5.08. The first kappa shape index (κ1) is 11.5. The molecule has 3 N–H and O–H groups in total. The lowest BCUT2D eigenvalue weighted by atomic mass is 8.96. The average Bonchev–Trinajstić information content (AvgIpc) is 2.28. The van der Waals surface area contributed by atoms with E-state index in [0.717, 1.165) is 47.8 Å². The van der Waals surface area contributed by atoms with Crippen LogP contribution in [0.1, 0.15) is 6.42 Å². The van der Waals surface area contributed by atoms with Gasteiger partial charge >= 0.3 is 12.1 Å². The van der Waals surface area contributed by atoms with Crippen molar-refractivity contribution in [2.24, 2.45) is 52.6 Å². The predicted molar refractivity (Wildman–Crippen MR) is 54.4 cm³/mol. The van der Waals surface area contributed by atoms with Crippen molar-refractivity contribution in [2.45, 2.75) is 12.6 Å². The molecule has 6 aliphatic rings. The average molecular weight is 275 g/mol. The molecule has 0 heterocycles. The van der Waals surface area contributed by atoms with Crippen molar-refractivity contribution in [1.82, 2.24) is 0 Å².